The number of aromatic nitrogens is 2. The third kappa shape index (κ3) is 5.67. The molecule has 2 heterocycles. The predicted molar refractivity (Wildman–Crippen MR) is 173 cm³/mol. The molecule has 6 rings (SSSR count). The first-order valence-electron chi connectivity index (χ1n) is 13.0. The first kappa shape index (κ1) is 29.4. The van der Waals surface area contributed by atoms with E-state index in [0.29, 0.717) is 48.6 Å². The molecule has 1 N–H and O–H groups in total. The fourth-order valence-corrected chi connectivity index (χ4v) is 5.40. The molecule has 0 unspecified atom stereocenters. The first-order valence-corrected chi connectivity index (χ1v) is 14.5. The summed E-state index contributed by atoms with van der Waals surface area (Å²) in [6, 6.07) is 22.0. The van der Waals surface area contributed by atoms with Crippen LogP contribution in [0.15, 0.2) is 97.6 Å². The first-order chi connectivity index (χ1) is 21.2. The predicted octanol–water partition coefficient (Wildman–Crippen LogP) is 8.05. The Morgan fingerprint density at radius 1 is 1.09 bits per heavy atom. The highest BCUT2D eigenvalue weighted by atomic mass is 79.9. The molecule has 0 saturated heterocycles. The summed E-state index contributed by atoms with van der Waals surface area (Å²) in [5, 5.41) is 15.6. The van der Waals surface area contributed by atoms with Crippen LogP contribution >= 0.6 is 39.1 Å². The molecular formula is C32H20BrCl2N3O6. The van der Waals surface area contributed by atoms with Crippen LogP contribution in [-0.4, -0.2) is 34.1 Å². The normalized spacial score (nSPS) is 11.5. The van der Waals surface area contributed by atoms with Crippen LogP contribution in [0.5, 0.6) is 11.5 Å². The minimum Gasteiger partial charge on any atom is -0.493 e. The number of para-hydroxylation sites is 1. The Hall–Kier alpha value is -4.64. The molecule has 0 aliphatic carbocycles. The molecule has 0 fully saturated rings. The summed E-state index contributed by atoms with van der Waals surface area (Å²) in [5.41, 5.74) is 1.91. The number of carbonyl (C=O) groups is 1. The Morgan fingerprint density at radius 2 is 1.91 bits per heavy atom. The minimum atomic E-state index is -1.04. The van der Waals surface area contributed by atoms with Gasteiger partial charge in [0.25, 0.3) is 5.56 Å². The maximum absolute atomic E-state index is 13.7. The molecule has 9 nitrogen and oxygen atoms in total. The number of carboxylic acid groups (broad SMARTS) is 1. The third-order valence-corrected chi connectivity index (χ3v) is 8.38. The molecule has 2 aromatic heterocycles. The Kier molecular flexibility index (Phi) is 8.13. The van der Waals surface area contributed by atoms with E-state index in [1.54, 1.807) is 66.7 Å². The summed E-state index contributed by atoms with van der Waals surface area (Å²) in [4.78, 5) is 29.7. The molecule has 0 amide bonds. The van der Waals surface area contributed by atoms with Crippen molar-refractivity contribution in [1.82, 2.24) is 9.66 Å². The van der Waals surface area contributed by atoms with Crippen LogP contribution in [0.4, 0.5) is 0 Å². The second-order valence-electron chi connectivity index (χ2n) is 9.53. The van der Waals surface area contributed by atoms with Gasteiger partial charge in [0.1, 0.15) is 17.2 Å². The lowest BCUT2D eigenvalue weighted by molar-refractivity contribution is 0.0696. The van der Waals surface area contributed by atoms with Crippen molar-refractivity contribution in [3.8, 4) is 23.1 Å². The number of hydrogen-bond donors (Lipinski definition) is 1. The Bertz CT molecular complexity index is 2180. The van der Waals surface area contributed by atoms with Gasteiger partial charge in [0.05, 0.1) is 29.8 Å². The molecule has 0 atom stereocenters. The zero-order valence-electron chi connectivity index (χ0n) is 22.8. The van der Waals surface area contributed by atoms with Gasteiger partial charge in [-0.1, -0.05) is 47.5 Å². The van der Waals surface area contributed by atoms with Gasteiger partial charge in [0.15, 0.2) is 17.3 Å². The minimum absolute atomic E-state index is 0.0430. The van der Waals surface area contributed by atoms with Gasteiger partial charge < -0.3 is 19.0 Å². The fraction of sp³-hybridized carbons (Fsp3) is 0.0625. The van der Waals surface area contributed by atoms with E-state index in [2.05, 4.69) is 21.0 Å². The van der Waals surface area contributed by atoms with Gasteiger partial charge in [-0.15, -0.1) is 0 Å². The number of hydrogen-bond acceptors (Lipinski definition) is 7. The summed E-state index contributed by atoms with van der Waals surface area (Å²) in [5.74, 6) is 0.0163. The van der Waals surface area contributed by atoms with E-state index >= 15 is 0 Å². The van der Waals surface area contributed by atoms with E-state index in [-0.39, 0.29) is 28.8 Å². The third-order valence-electron chi connectivity index (χ3n) is 6.70. The fourth-order valence-electron chi connectivity index (χ4n) is 4.57. The van der Waals surface area contributed by atoms with Crippen molar-refractivity contribution in [3.05, 3.63) is 120 Å². The zero-order valence-corrected chi connectivity index (χ0v) is 25.9. The van der Waals surface area contributed by atoms with E-state index in [4.69, 9.17) is 42.1 Å². The molecule has 0 aliphatic rings. The van der Waals surface area contributed by atoms with Gasteiger partial charge >= 0.3 is 5.97 Å². The lowest BCUT2D eigenvalue weighted by atomic mass is 10.1. The maximum Gasteiger partial charge on any atom is 0.335 e. The smallest absolute Gasteiger partial charge is 0.335 e. The average molecular weight is 693 g/mol. The van der Waals surface area contributed by atoms with Crippen molar-refractivity contribution >= 4 is 73.2 Å². The van der Waals surface area contributed by atoms with Crippen LogP contribution in [0.1, 0.15) is 21.5 Å². The number of aromatic carboxylic acids is 1. The lowest BCUT2D eigenvalue weighted by Crippen LogP contribution is -2.20. The SMILES string of the molecule is COc1cc(C=Nn2c(-c3cc4cc(Cl)ccc4o3)nc3ccccc3c2=O)c(Br)c(Cl)c1OCc1cccc(C(=O)O)c1. The van der Waals surface area contributed by atoms with E-state index < -0.39 is 11.5 Å². The van der Waals surface area contributed by atoms with Crippen LogP contribution in [0, 0.1) is 0 Å². The van der Waals surface area contributed by atoms with Gasteiger partial charge in [-0.2, -0.15) is 9.78 Å². The molecule has 44 heavy (non-hydrogen) atoms. The van der Waals surface area contributed by atoms with Crippen LogP contribution in [-0.2, 0) is 6.61 Å². The molecule has 4 aromatic carbocycles. The van der Waals surface area contributed by atoms with Gasteiger partial charge in [0, 0.05) is 20.4 Å². The molecule has 0 bridgehead atoms. The van der Waals surface area contributed by atoms with Crippen molar-refractivity contribution in [2.24, 2.45) is 5.10 Å². The van der Waals surface area contributed by atoms with Crippen LogP contribution in [0.25, 0.3) is 33.5 Å². The van der Waals surface area contributed by atoms with E-state index in [1.807, 2.05) is 0 Å². The second kappa shape index (κ2) is 12.2. The van der Waals surface area contributed by atoms with Crippen molar-refractivity contribution in [1.29, 1.82) is 0 Å². The second-order valence-corrected chi connectivity index (χ2v) is 11.1. The number of nitrogens with zero attached hydrogens (tertiary/aromatic N) is 3. The number of rotatable bonds is 8. The average Bonchev–Trinajstić information content (AvgIpc) is 3.45. The van der Waals surface area contributed by atoms with Crippen LogP contribution in [0.2, 0.25) is 10.0 Å². The highest BCUT2D eigenvalue weighted by Crippen LogP contribution is 2.42. The van der Waals surface area contributed by atoms with E-state index in [9.17, 15) is 14.7 Å². The zero-order chi connectivity index (χ0) is 31.0. The van der Waals surface area contributed by atoms with Crippen LogP contribution in [0.3, 0.4) is 0 Å². The molecule has 6 aromatic rings. The van der Waals surface area contributed by atoms with Gasteiger partial charge in [-0.25, -0.2) is 9.78 Å². The molecule has 0 aliphatic heterocycles. The summed E-state index contributed by atoms with van der Waals surface area (Å²) >= 11 is 16.4. The van der Waals surface area contributed by atoms with Crippen LogP contribution < -0.4 is 15.0 Å². The van der Waals surface area contributed by atoms with Gasteiger partial charge in [-0.05, 0) is 76.1 Å². The molecule has 0 saturated carbocycles. The topological polar surface area (TPSA) is 116 Å². The lowest BCUT2D eigenvalue weighted by Gasteiger charge is -2.15. The standard InChI is InChI=1S/C32H20BrCl2N3O6/c1-42-25-14-20(27(33)28(35)29(25)43-16-17-5-4-6-18(11-17)32(40)41)15-36-38-30(37-23-8-3-2-7-22(23)31(38)39)26-13-19-12-21(34)9-10-24(19)44-26/h2-15H,16H2,1H3,(H,40,41). The quantitative estimate of drug-likeness (QED) is 0.161. The summed E-state index contributed by atoms with van der Waals surface area (Å²) in [6.07, 6.45) is 1.44. The van der Waals surface area contributed by atoms with Crippen molar-refractivity contribution in [2.45, 2.75) is 6.61 Å². The monoisotopic (exact) mass is 691 g/mol. The highest BCUT2D eigenvalue weighted by molar-refractivity contribution is 9.10. The van der Waals surface area contributed by atoms with Crippen molar-refractivity contribution < 1.29 is 23.8 Å². The number of halogens is 3. The molecule has 0 radical (unpaired) electrons. The Morgan fingerprint density at radius 3 is 2.70 bits per heavy atom. The summed E-state index contributed by atoms with van der Waals surface area (Å²) in [6.45, 7) is 0.0430. The number of ether oxygens (including phenoxy) is 2. The number of carboxylic acids is 1. The van der Waals surface area contributed by atoms with Gasteiger partial charge in [0.2, 0.25) is 5.82 Å². The maximum atomic E-state index is 13.7. The van der Waals surface area contributed by atoms with Gasteiger partial charge in [-0.3, -0.25) is 4.79 Å². The summed E-state index contributed by atoms with van der Waals surface area (Å²) < 4.78 is 19.1. The number of furan rings is 1. The molecular weight excluding hydrogens is 673 g/mol. The highest BCUT2D eigenvalue weighted by Gasteiger charge is 2.19. The summed E-state index contributed by atoms with van der Waals surface area (Å²) in [7, 11) is 1.46. The largest absolute Gasteiger partial charge is 0.493 e. The van der Waals surface area contributed by atoms with E-state index in [1.165, 1.54) is 25.5 Å². The number of fused-ring (bicyclic) bond motifs is 2. The van der Waals surface area contributed by atoms with Crippen molar-refractivity contribution in [2.75, 3.05) is 7.11 Å². The number of methoxy groups -OCH3 is 1. The molecule has 12 heteroatoms. The Labute approximate surface area is 268 Å². The molecule has 0 spiro atoms. The van der Waals surface area contributed by atoms with Crippen molar-refractivity contribution in [3.63, 3.8) is 0 Å². The number of benzene rings is 4. The van der Waals surface area contributed by atoms with E-state index in [0.717, 1.165) is 10.1 Å². The Balaban J connectivity index is 1.40. The molecule has 220 valence electrons.